The average Bonchev–Trinajstić information content (AvgIpc) is 3.60. The van der Waals surface area contributed by atoms with E-state index >= 15 is 0 Å². The van der Waals surface area contributed by atoms with Gasteiger partial charge in [0, 0.05) is 23.5 Å². The van der Waals surface area contributed by atoms with Crippen molar-refractivity contribution in [1.82, 2.24) is 30.4 Å². The van der Waals surface area contributed by atoms with E-state index in [0.29, 0.717) is 6.42 Å². The third-order valence-corrected chi connectivity index (χ3v) is 5.17. The smallest absolute Gasteiger partial charge is 0.475 e. The van der Waals surface area contributed by atoms with E-state index in [9.17, 15) is 13.2 Å². The summed E-state index contributed by atoms with van der Waals surface area (Å²) in [5, 5.41) is 20.8. The Balaban J connectivity index is 0.000000364. The minimum Gasteiger partial charge on any atom is -0.475 e. The number of fused-ring (bicyclic) bond motifs is 1. The highest BCUT2D eigenvalue weighted by atomic mass is 19.4. The summed E-state index contributed by atoms with van der Waals surface area (Å²) in [4.78, 5) is 16.9. The number of aromatic amines is 3. The molecule has 6 N–H and O–H groups in total. The first kappa shape index (κ1) is 23.7. The van der Waals surface area contributed by atoms with Gasteiger partial charge in [-0.05, 0) is 35.2 Å². The topological polar surface area (TPSA) is 149 Å². The Hall–Kier alpha value is -4.45. The van der Waals surface area contributed by atoms with Gasteiger partial charge < -0.3 is 15.8 Å². The second-order valence-corrected chi connectivity index (χ2v) is 7.64. The van der Waals surface area contributed by atoms with E-state index in [2.05, 4.69) is 60.7 Å². The van der Waals surface area contributed by atoms with Crippen molar-refractivity contribution in [3.05, 3.63) is 78.6 Å². The number of aliphatic carboxylic acids is 1. The maximum atomic E-state index is 10.6. The lowest BCUT2D eigenvalue weighted by Gasteiger charge is -2.09. The second kappa shape index (κ2) is 9.81. The van der Waals surface area contributed by atoms with Crippen molar-refractivity contribution < 1.29 is 23.1 Å². The third-order valence-electron chi connectivity index (χ3n) is 5.17. The van der Waals surface area contributed by atoms with E-state index in [1.807, 2.05) is 30.7 Å². The highest BCUT2D eigenvalue weighted by Crippen LogP contribution is 2.25. The van der Waals surface area contributed by atoms with Crippen LogP contribution < -0.4 is 5.73 Å². The van der Waals surface area contributed by atoms with E-state index in [0.717, 1.165) is 39.1 Å². The molecule has 9 nitrogen and oxygen atoms in total. The number of H-pyrrole nitrogens is 3. The Kier molecular flexibility index (Phi) is 6.64. The van der Waals surface area contributed by atoms with Crippen LogP contribution in [0.2, 0.25) is 0 Å². The number of halogens is 3. The van der Waals surface area contributed by atoms with Gasteiger partial charge in [0.25, 0.3) is 0 Å². The number of aromatic nitrogens is 6. The monoisotopic (exact) mass is 483 g/mol. The standard InChI is InChI=1S/C21H19N7.C2HF3O2/c22-18(7-13-1-3-14(4-2-13)16-9-23-24-10-16)21-27-19-6-5-15(8-20(19)28-21)17-11-25-26-12-17;3-2(4,5)1(6)7/h1-6,8-12,18H,7,22H2,(H,23,24)(H,25,26)(H,27,28);(H,6,7). The molecule has 0 aliphatic heterocycles. The van der Waals surface area contributed by atoms with E-state index < -0.39 is 12.1 Å². The number of nitrogens with two attached hydrogens (primary N) is 1. The van der Waals surface area contributed by atoms with Crippen LogP contribution in [-0.4, -0.2) is 47.6 Å². The zero-order valence-corrected chi connectivity index (χ0v) is 18.0. The van der Waals surface area contributed by atoms with Gasteiger partial charge in [0.1, 0.15) is 5.82 Å². The Bertz CT molecular complexity index is 1390. The van der Waals surface area contributed by atoms with E-state index in [1.54, 1.807) is 6.20 Å². The zero-order valence-electron chi connectivity index (χ0n) is 18.0. The van der Waals surface area contributed by atoms with Gasteiger partial charge in [-0.3, -0.25) is 10.2 Å². The lowest BCUT2D eigenvalue weighted by Crippen LogP contribution is -2.21. The Morgan fingerprint density at radius 1 is 0.943 bits per heavy atom. The molecule has 2 aromatic carbocycles. The van der Waals surface area contributed by atoms with Gasteiger partial charge in [0.15, 0.2) is 0 Å². The van der Waals surface area contributed by atoms with Crippen molar-refractivity contribution in [3.8, 4) is 22.3 Å². The number of hydrogen-bond donors (Lipinski definition) is 5. The fourth-order valence-corrected chi connectivity index (χ4v) is 3.39. The largest absolute Gasteiger partial charge is 0.490 e. The number of carboxylic acid groups (broad SMARTS) is 1. The number of hydrogen-bond acceptors (Lipinski definition) is 5. The van der Waals surface area contributed by atoms with Crippen molar-refractivity contribution in [2.24, 2.45) is 5.73 Å². The van der Waals surface area contributed by atoms with Gasteiger partial charge in [0.2, 0.25) is 0 Å². The predicted octanol–water partition coefficient (Wildman–Crippen LogP) is 4.22. The molecule has 0 spiro atoms. The normalized spacial score (nSPS) is 12.2. The second-order valence-electron chi connectivity index (χ2n) is 7.64. The summed E-state index contributed by atoms with van der Waals surface area (Å²) in [7, 11) is 0. The van der Waals surface area contributed by atoms with Crippen LogP contribution in [0.25, 0.3) is 33.3 Å². The summed E-state index contributed by atoms with van der Waals surface area (Å²) in [6.45, 7) is 0. The minimum absolute atomic E-state index is 0.204. The van der Waals surface area contributed by atoms with Crippen LogP contribution in [0.1, 0.15) is 17.4 Å². The first-order valence-corrected chi connectivity index (χ1v) is 10.3. The molecular formula is C23H20F3N7O2. The number of imidazole rings is 1. The van der Waals surface area contributed by atoms with Crippen LogP contribution in [0, 0.1) is 0 Å². The van der Waals surface area contributed by atoms with Gasteiger partial charge in [-0.2, -0.15) is 23.4 Å². The first-order valence-electron chi connectivity index (χ1n) is 10.3. The van der Waals surface area contributed by atoms with Crippen molar-refractivity contribution in [3.63, 3.8) is 0 Å². The summed E-state index contributed by atoms with van der Waals surface area (Å²) in [5.74, 6) is -1.97. The molecule has 0 saturated heterocycles. The maximum Gasteiger partial charge on any atom is 0.490 e. The fraction of sp³-hybridized carbons (Fsp3) is 0.130. The molecule has 12 heteroatoms. The van der Waals surface area contributed by atoms with Crippen LogP contribution in [0.4, 0.5) is 13.2 Å². The van der Waals surface area contributed by atoms with Crippen LogP contribution in [-0.2, 0) is 11.2 Å². The minimum atomic E-state index is -5.08. The molecule has 0 bridgehead atoms. The Labute approximate surface area is 196 Å². The number of benzene rings is 2. The molecule has 3 heterocycles. The fourth-order valence-electron chi connectivity index (χ4n) is 3.39. The van der Waals surface area contributed by atoms with E-state index in [-0.39, 0.29) is 6.04 Å². The number of carboxylic acids is 1. The molecule has 0 amide bonds. The lowest BCUT2D eigenvalue weighted by molar-refractivity contribution is -0.192. The Morgan fingerprint density at radius 2 is 1.51 bits per heavy atom. The third kappa shape index (κ3) is 5.73. The number of alkyl halides is 3. The van der Waals surface area contributed by atoms with Gasteiger partial charge in [-0.25, -0.2) is 9.78 Å². The molecule has 0 saturated carbocycles. The number of nitrogens with zero attached hydrogens (tertiary/aromatic N) is 3. The van der Waals surface area contributed by atoms with Crippen molar-refractivity contribution >= 4 is 17.0 Å². The quantitative estimate of drug-likeness (QED) is 0.253. The molecule has 35 heavy (non-hydrogen) atoms. The molecule has 5 aromatic rings. The molecular weight excluding hydrogens is 463 g/mol. The molecule has 0 aliphatic carbocycles. The SMILES string of the molecule is NC(Cc1ccc(-c2cn[nH]c2)cc1)c1nc2ccc(-c3cn[nH]c3)cc2[nH]1.O=C(O)C(F)(F)F. The predicted molar refractivity (Wildman–Crippen MR) is 122 cm³/mol. The lowest BCUT2D eigenvalue weighted by atomic mass is 10.0. The number of rotatable bonds is 5. The summed E-state index contributed by atoms with van der Waals surface area (Å²) in [6, 6.07) is 14.3. The first-order chi connectivity index (χ1) is 16.7. The number of carbonyl (C=O) groups is 1. The summed E-state index contributed by atoms with van der Waals surface area (Å²) >= 11 is 0. The summed E-state index contributed by atoms with van der Waals surface area (Å²) < 4.78 is 31.7. The zero-order chi connectivity index (χ0) is 25.0. The van der Waals surface area contributed by atoms with Crippen molar-refractivity contribution in [1.29, 1.82) is 0 Å². The van der Waals surface area contributed by atoms with Gasteiger partial charge in [-0.1, -0.05) is 30.3 Å². The number of nitrogens with one attached hydrogen (secondary N) is 3. The molecule has 1 unspecified atom stereocenters. The van der Waals surface area contributed by atoms with Crippen LogP contribution in [0.15, 0.2) is 67.3 Å². The maximum absolute atomic E-state index is 10.6. The van der Waals surface area contributed by atoms with Gasteiger partial charge >= 0.3 is 12.1 Å². The highest BCUT2D eigenvalue weighted by molar-refractivity contribution is 5.81. The van der Waals surface area contributed by atoms with Gasteiger partial charge in [0.05, 0.1) is 29.5 Å². The van der Waals surface area contributed by atoms with Crippen LogP contribution in [0.3, 0.4) is 0 Å². The summed E-state index contributed by atoms with van der Waals surface area (Å²) in [5.41, 5.74) is 13.8. The molecule has 3 aromatic heterocycles. The van der Waals surface area contributed by atoms with E-state index in [1.165, 1.54) is 5.56 Å². The molecule has 0 radical (unpaired) electrons. The molecule has 0 fully saturated rings. The van der Waals surface area contributed by atoms with Gasteiger partial charge in [-0.15, -0.1) is 0 Å². The highest BCUT2D eigenvalue weighted by Gasteiger charge is 2.38. The van der Waals surface area contributed by atoms with Crippen LogP contribution >= 0.6 is 0 Å². The Morgan fingerprint density at radius 3 is 2.06 bits per heavy atom. The van der Waals surface area contributed by atoms with E-state index in [4.69, 9.17) is 15.6 Å². The molecule has 0 aliphatic rings. The summed E-state index contributed by atoms with van der Waals surface area (Å²) in [6.07, 6.45) is 2.99. The van der Waals surface area contributed by atoms with Crippen molar-refractivity contribution in [2.45, 2.75) is 18.6 Å². The molecule has 5 rings (SSSR count). The van der Waals surface area contributed by atoms with Crippen LogP contribution in [0.5, 0.6) is 0 Å². The molecule has 180 valence electrons. The average molecular weight is 483 g/mol. The molecule has 1 atom stereocenters. The van der Waals surface area contributed by atoms with Crippen molar-refractivity contribution in [2.75, 3.05) is 0 Å².